The summed E-state index contributed by atoms with van der Waals surface area (Å²) < 4.78 is 0. The second-order valence-corrected chi connectivity index (χ2v) is 6.20. The van der Waals surface area contributed by atoms with Crippen molar-refractivity contribution < 1.29 is 0 Å². The smallest absolute Gasteiger partial charge is 0.182 e. The molecular formula is C20H24O. The van der Waals surface area contributed by atoms with Crippen molar-refractivity contribution >= 4 is 0 Å². The first-order chi connectivity index (χ1) is 10.0. The SMILES string of the molecule is CC(C)c1cccc(C(C)C)c1Cc1cccccc1=O. The molecule has 0 aliphatic carbocycles. The summed E-state index contributed by atoms with van der Waals surface area (Å²) in [6, 6.07) is 15.8. The molecule has 2 rings (SSSR count). The maximum absolute atomic E-state index is 12.2. The molecule has 0 atom stereocenters. The highest BCUT2D eigenvalue weighted by molar-refractivity contribution is 5.42. The van der Waals surface area contributed by atoms with Crippen molar-refractivity contribution in [3.63, 3.8) is 0 Å². The topological polar surface area (TPSA) is 17.1 Å². The third-order valence-corrected chi connectivity index (χ3v) is 3.94. The second kappa shape index (κ2) is 6.71. The third-order valence-electron chi connectivity index (χ3n) is 3.94. The van der Waals surface area contributed by atoms with Gasteiger partial charge in [-0.3, -0.25) is 4.79 Å². The minimum atomic E-state index is 0.119. The summed E-state index contributed by atoms with van der Waals surface area (Å²) in [5, 5.41) is 0. The molecule has 0 radical (unpaired) electrons. The van der Waals surface area contributed by atoms with Crippen molar-refractivity contribution in [1.29, 1.82) is 0 Å². The van der Waals surface area contributed by atoms with Crippen LogP contribution >= 0.6 is 0 Å². The van der Waals surface area contributed by atoms with E-state index in [2.05, 4.69) is 45.9 Å². The summed E-state index contributed by atoms with van der Waals surface area (Å²) in [7, 11) is 0. The van der Waals surface area contributed by atoms with Gasteiger partial charge in [0.2, 0.25) is 0 Å². The number of benzene rings is 1. The Labute approximate surface area is 127 Å². The number of hydrogen-bond acceptors (Lipinski definition) is 1. The van der Waals surface area contributed by atoms with Crippen molar-refractivity contribution in [2.75, 3.05) is 0 Å². The zero-order valence-corrected chi connectivity index (χ0v) is 13.4. The fourth-order valence-corrected chi connectivity index (χ4v) is 2.81. The summed E-state index contributed by atoms with van der Waals surface area (Å²) in [6.07, 6.45) is 0.718. The zero-order valence-electron chi connectivity index (χ0n) is 13.4. The van der Waals surface area contributed by atoms with Crippen LogP contribution in [0.3, 0.4) is 0 Å². The van der Waals surface area contributed by atoms with E-state index in [0.29, 0.717) is 11.8 Å². The first-order valence-electron chi connectivity index (χ1n) is 7.70. The van der Waals surface area contributed by atoms with Crippen molar-refractivity contribution in [1.82, 2.24) is 0 Å². The third kappa shape index (κ3) is 3.60. The van der Waals surface area contributed by atoms with Gasteiger partial charge in [-0.2, -0.15) is 0 Å². The zero-order chi connectivity index (χ0) is 15.4. The molecule has 0 spiro atoms. The van der Waals surface area contributed by atoms with Gasteiger partial charge in [0.05, 0.1) is 0 Å². The first kappa shape index (κ1) is 15.5. The Morgan fingerprint density at radius 3 is 1.90 bits per heavy atom. The molecule has 0 aliphatic rings. The monoisotopic (exact) mass is 280 g/mol. The van der Waals surface area contributed by atoms with Crippen LogP contribution in [0.25, 0.3) is 0 Å². The van der Waals surface area contributed by atoms with Gasteiger partial charge in [0.25, 0.3) is 0 Å². The first-order valence-corrected chi connectivity index (χ1v) is 7.70. The summed E-state index contributed by atoms with van der Waals surface area (Å²) in [4.78, 5) is 12.2. The molecule has 0 bridgehead atoms. The lowest BCUT2D eigenvalue weighted by Gasteiger charge is -2.19. The van der Waals surface area contributed by atoms with Gasteiger partial charge < -0.3 is 0 Å². The Morgan fingerprint density at radius 1 is 0.762 bits per heavy atom. The van der Waals surface area contributed by atoms with E-state index in [-0.39, 0.29) is 5.43 Å². The van der Waals surface area contributed by atoms with Gasteiger partial charge in [-0.05, 0) is 34.6 Å². The van der Waals surface area contributed by atoms with Crippen LogP contribution in [0.4, 0.5) is 0 Å². The van der Waals surface area contributed by atoms with E-state index in [1.165, 1.54) is 16.7 Å². The predicted octanol–water partition coefficient (Wildman–Crippen LogP) is 4.88. The van der Waals surface area contributed by atoms with Crippen LogP contribution in [0.15, 0.2) is 53.3 Å². The van der Waals surface area contributed by atoms with E-state index in [9.17, 15) is 4.79 Å². The van der Waals surface area contributed by atoms with Crippen molar-refractivity contribution in [3.8, 4) is 0 Å². The van der Waals surface area contributed by atoms with Gasteiger partial charge in [-0.15, -0.1) is 0 Å². The fourth-order valence-electron chi connectivity index (χ4n) is 2.81. The molecule has 2 aromatic carbocycles. The Morgan fingerprint density at radius 2 is 1.33 bits per heavy atom. The molecule has 0 aromatic heterocycles. The lowest BCUT2D eigenvalue weighted by Crippen LogP contribution is -2.10. The summed E-state index contributed by atoms with van der Waals surface area (Å²) in [5.41, 5.74) is 5.02. The van der Waals surface area contributed by atoms with Crippen LogP contribution in [0.1, 0.15) is 61.8 Å². The van der Waals surface area contributed by atoms with Crippen molar-refractivity contribution in [2.24, 2.45) is 0 Å². The highest BCUT2D eigenvalue weighted by atomic mass is 16.1. The van der Waals surface area contributed by atoms with E-state index in [1.54, 1.807) is 6.07 Å². The van der Waals surface area contributed by atoms with Crippen molar-refractivity contribution in [2.45, 2.75) is 46.0 Å². The molecule has 0 N–H and O–H groups in total. The van der Waals surface area contributed by atoms with Gasteiger partial charge in [-0.1, -0.05) is 70.2 Å². The molecule has 2 aromatic rings. The van der Waals surface area contributed by atoms with E-state index in [0.717, 1.165) is 12.0 Å². The van der Waals surface area contributed by atoms with E-state index >= 15 is 0 Å². The molecule has 0 fully saturated rings. The van der Waals surface area contributed by atoms with E-state index < -0.39 is 0 Å². The maximum Gasteiger partial charge on any atom is 0.182 e. The molecule has 0 amide bonds. The highest BCUT2D eigenvalue weighted by Crippen LogP contribution is 2.29. The van der Waals surface area contributed by atoms with E-state index in [4.69, 9.17) is 0 Å². The molecule has 0 heterocycles. The van der Waals surface area contributed by atoms with Gasteiger partial charge in [-0.25, -0.2) is 0 Å². The lowest BCUT2D eigenvalue weighted by atomic mass is 9.86. The Balaban J connectivity index is 2.57. The summed E-state index contributed by atoms with van der Waals surface area (Å²) >= 11 is 0. The quantitative estimate of drug-likeness (QED) is 0.779. The molecular weight excluding hydrogens is 256 g/mol. The minimum absolute atomic E-state index is 0.119. The summed E-state index contributed by atoms with van der Waals surface area (Å²) in [6.45, 7) is 8.86. The largest absolute Gasteiger partial charge is 0.290 e. The van der Waals surface area contributed by atoms with Gasteiger partial charge in [0.1, 0.15) is 0 Å². The Kier molecular flexibility index (Phi) is 4.95. The van der Waals surface area contributed by atoms with Crippen LogP contribution in [0.5, 0.6) is 0 Å². The minimum Gasteiger partial charge on any atom is -0.290 e. The van der Waals surface area contributed by atoms with Gasteiger partial charge in [0, 0.05) is 12.0 Å². The van der Waals surface area contributed by atoms with Crippen molar-refractivity contribution in [3.05, 3.63) is 81.0 Å². The van der Waals surface area contributed by atoms with Gasteiger partial charge in [0.15, 0.2) is 5.43 Å². The summed E-state index contributed by atoms with van der Waals surface area (Å²) in [5.74, 6) is 0.928. The molecule has 1 heteroatoms. The van der Waals surface area contributed by atoms with Crippen LogP contribution in [-0.2, 0) is 6.42 Å². The van der Waals surface area contributed by atoms with Crippen LogP contribution in [0, 0.1) is 0 Å². The van der Waals surface area contributed by atoms with Crippen LogP contribution < -0.4 is 5.43 Å². The maximum atomic E-state index is 12.2. The second-order valence-electron chi connectivity index (χ2n) is 6.20. The molecule has 0 aliphatic heterocycles. The number of hydrogen-bond donors (Lipinski definition) is 0. The predicted molar refractivity (Wildman–Crippen MR) is 90.1 cm³/mol. The molecule has 110 valence electrons. The van der Waals surface area contributed by atoms with Gasteiger partial charge >= 0.3 is 0 Å². The van der Waals surface area contributed by atoms with Crippen LogP contribution in [-0.4, -0.2) is 0 Å². The molecule has 0 saturated carbocycles. The highest BCUT2D eigenvalue weighted by Gasteiger charge is 2.14. The average molecular weight is 280 g/mol. The van der Waals surface area contributed by atoms with E-state index in [1.807, 2.05) is 24.3 Å². The normalized spacial score (nSPS) is 11.1. The number of rotatable bonds is 4. The molecule has 21 heavy (non-hydrogen) atoms. The Bertz CT molecular complexity index is 642. The average Bonchev–Trinajstić information content (AvgIpc) is 2.64. The molecule has 0 unspecified atom stereocenters. The van der Waals surface area contributed by atoms with Crippen LogP contribution in [0.2, 0.25) is 0 Å². The standard InChI is InChI=1S/C20H24O/c1-14(2)17-10-8-11-18(15(3)4)19(17)13-16-9-6-5-7-12-20(16)21/h5-12,14-15H,13H2,1-4H3. The lowest BCUT2D eigenvalue weighted by molar-refractivity contribution is 0.805. The molecule has 1 nitrogen and oxygen atoms in total. The molecule has 0 saturated heterocycles. The fraction of sp³-hybridized carbons (Fsp3) is 0.350. The Hall–Kier alpha value is -1.89.